The summed E-state index contributed by atoms with van der Waals surface area (Å²) in [6.07, 6.45) is -3.18. The molecular formula is C28H25F4N7O2. The van der Waals surface area contributed by atoms with Crippen molar-refractivity contribution in [1.82, 2.24) is 15.3 Å². The Hall–Kier alpha value is -5.20. The van der Waals surface area contributed by atoms with Crippen molar-refractivity contribution in [3.8, 4) is 0 Å². The van der Waals surface area contributed by atoms with Crippen LogP contribution in [-0.4, -0.2) is 36.0 Å². The lowest BCUT2D eigenvalue weighted by Gasteiger charge is -2.19. The lowest BCUT2D eigenvalue weighted by atomic mass is 10.1. The molecular weight excluding hydrogens is 542 g/mol. The molecule has 0 saturated heterocycles. The summed E-state index contributed by atoms with van der Waals surface area (Å²) in [5, 5.41) is 10.4. The molecule has 4 aromatic rings. The number of anilines is 6. The Morgan fingerprint density at radius 2 is 1.56 bits per heavy atom. The number of rotatable bonds is 7. The van der Waals surface area contributed by atoms with Crippen molar-refractivity contribution < 1.29 is 27.2 Å². The molecule has 212 valence electrons. The molecule has 13 heteroatoms. The summed E-state index contributed by atoms with van der Waals surface area (Å²) < 4.78 is 52.4. The predicted octanol–water partition coefficient (Wildman–Crippen LogP) is 6.46. The third kappa shape index (κ3) is 7.26. The Morgan fingerprint density at radius 3 is 2.24 bits per heavy atom. The summed E-state index contributed by atoms with van der Waals surface area (Å²) >= 11 is 0. The summed E-state index contributed by atoms with van der Waals surface area (Å²) in [4.78, 5) is 34.9. The molecule has 0 aliphatic heterocycles. The summed E-state index contributed by atoms with van der Waals surface area (Å²) in [6, 6.07) is 14.5. The Labute approximate surface area is 232 Å². The van der Waals surface area contributed by atoms with Crippen LogP contribution in [0.1, 0.15) is 21.5 Å². The number of hydrogen-bond donors (Lipinski definition) is 4. The predicted molar refractivity (Wildman–Crippen MR) is 148 cm³/mol. The SMILES string of the molecule is CNC(=O)c1cc(Nc2nccc(N(C)c3ccc(NC(=O)Nc4cc(F)cc(C(F)(F)F)c4)cc3)n2)ccc1C. The van der Waals surface area contributed by atoms with E-state index in [4.69, 9.17) is 0 Å². The van der Waals surface area contributed by atoms with Gasteiger partial charge < -0.3 is 26.2 Å². The molecule has 0 atom stereocenters. The normalized spacial score (nSPS) is 11.0. The number of alkyl halides is 3. The summed E-state index contributed by atoms with van der Waals surface area (Å²) in [7, 11) is 3.34. The molecule has 3 aromatic carbocycles. The van der Waals surface area contributed by atoms with Crippen LogP contribution in [0.4, 0.5) is 56.9 Å². The van der Waals surface area contributed by atoms with Gasteiger partial charge in [-0.05, 0) is 73.2 Å². The monoisotopic (exact) mass is 567 g/mol. The van der Waals surface area contributed by atoms with Gasteiger partial charge in [0, 0.05) is 48.6 Å². The van der Waals surface area contributed by atoms with Crippen molar-refractivity contribution in [3.05, 3.63) is 95.4 Å². The van der Waals surface area contributed by atoms with E-state index in [0.717, 1.165) is 11.6 Å². The third-order valence-corrected chi connectivity index (χ3v) is 5.95. The molecule has 0 fully saturated rings. The molecule has 0 radical (unpaired) electrons. The largest absolute Gasteiger partial charge is 0.416 e. The van der Waals surface area contributed by atoms with Gasteiger partial charge in [-0.25, -0.2) is 14.2 Å². The maximum absolute atomic E-state index is 13.6. The molecule has 0 bridgehead atoms. The van der Waals surface area contributed by atoms with Gasteiger partial charge in [0.2, 0.25) is 5.95 Å². The van der Waals surface area contributed by atoms with Gasteiger partial charge in [-0.3, -0.25) is 4.79 Å². The van der Waals surface area contributed by atoms with Gasteiger partial charge in [0.15, 0.2) is 0 Å². The van der Waals surface area contributed by atoms with E-state index in [0.29, 0.717) is 46.5 Å². The van der Waals surface area contributed by atoms with Gasteiger partial charge in [0.25, 0.3) is 5.91 Å². The molecule has 0 aliphatic rings. The van der Waals surface area contributed by atoms with E-state index in [1.165, 1.54) is 0 Å². The Morgan fingerprint density at radius 1 is 0.878 bits per heavy atom. The number of carbonyl (C=O) groups excluding carboxylic acids is 2. The second-order valence-corrected chi connectivity index (χ2v) is 8.88. The van der Waals surface area contributed by atoms with Crippen molar-refractivity contribution in [2.45, 2.75) is 13.1 Å². The van der Waals surface area contributed by atoms with Crippen LogP contribution in [0.2, 0.25) is 0 Å². The minimum absolute atomic E-state index is 0.208. The van der Waals surface area contributed by atoms with E-state index < -0.39 is 23.6 Å². The zero-order chi connectivity index (χ0) is 29.7. The molecule has 41 heavy (non-hydrogen) atoms. The van der Waals surface area contributed by atoms with Gasteiger partial charge >= 0.3 is 12.2 Å². The summed E-state index contributed by atoms with van der Waals surface area (Å²) in [5.74, 6) is -0.480. The van der Waals surface area contributed by atoms with Gasteiger partial charge in [-0.2, -0.15) is 18.2 Å². The molecule has 0 saturated carbocycles. The van der Waals surface area contributed by atoms with Crippen molar-refractivity contribution >= 4 is 46.5 Å². The second kappa shape index (κ2) is 11.9. The average molecular weight is 568 g/mol. The molecule has 4 N–H and O–H groups in total. The second-order valence-electron chi connectivity index (χ2n) is 8.88. The summed E-state index contributed by atoms with van der Waals surface area (Å²) in [6.45, 7) is 1.84. The lowest BCUT2D eigenvalue weighted by molar-refractivity contribution is -0.137. The highest BCUT2D eigenvalue weighted by molar-refractivity contribution is 6.00. The number of aryl methyl sites for hydroxylation is 1. The van der Waals surface area contributed by atoms with Crippen molar-refractivity contribution in [3.63, 3.8) is 0 Å². The topological polar surface area (TPSA) is 111 Å². The van der Waals surface area contributed by atoms with Gasteiger partial charge in [-0.15, -0.1) is 0 Å². The quantitative estimate of drug-likeness (QED) is 0.191. The number of hydrogen-bond acceptors (Lipinski definition) is 6. The number of urea groups is 1. The van der Waals surface area contributed by atoms with Gasteiger partial charge in [-0.1, -0.05) is 6.07 Å². The van der Waals surface area contributed by atoms with Crippen LogP contribution in [0.5, 0.6) is 0 Å². The highest BCUT2D eigenvalue weighted by Crippen LogP contribution is 2.32. The number of amides is 3. The number of nitrogens with one attached hydrogen (secondary N) is 4. The van der Waals surface area contributed by atoms with Crippen LogP contribution in [0.25, 0.3) is 0 Å². The maximum Gasteiger partial charge on any atom is 0.416 e. The highest BCUT2D eigenvalue weighted by Gasteiger charge is 2.31. The van der Waals surface area contributed by atoms with Crippen LogP contribution in [-0.2, 0) is 6.18 Å². The first kappa shape index (κ1) is 28.8. The highest BCUT2D eigenvalue weighted by atomic mass is 19.4. The molecule has 0 aliphatic carbocycles. The van der Waals surface area contributed by atoms with Gasteiger partial charge in [0.1, 0.15) is 11.6 Å². The zero-order valence-electron chi connectivity index (χ0n) is 22.1. The maximum atomic E-state index is 13.6. The zero-order valence-corrected chi connectivity index (χ0v) is 22.1. The van der Waals surface area contributed by atoms with Crippen LogP contribution in [0, 0.1) is 12.7 Å². The van der Waals surface area contributed by atoms with E-state index in [1.807, 2.05) is 19.1 Å². The van der Waals surface area contributed by atoms with Crippen molar-refractivity contribution in [1.29, 1.82) is 0 Å². The fraction of sp³-hybridized carbons (Fsp3) is 0.143. The molecule has 1 heterocycles. The van der Waals surface area contributed by atoms with Crippen LogP contribution in [0.3, 0.4) is 0 Å². The first-order valence-corrected chi connectivity index (χ1v) is 12.2. The van der Waals surface area contributed by atoms with E-state index in [9.17, 15) is 27.2 Å². The fourth-order valence-corrected chi connectivity index (χ4v) is 3.82. The minimum atomic E-state index is -4.76. The molecule has 4 rings (SSSR count). The third-order valence-electron chi connectivity index (χ3n) is 5.95. The smallest absolute Gasteiger partial charge is 0.355 e. The van der Waals surface area contributed by atoms with E-state index in [-0.39, 0.29) is 11.6 Å². The first-order chi connectivity index (χ1) is 19.4. The fourth-order valence-electron chi connectivity index (χ4n) is 3.82. The Balaban J connectivity index is 1.42. The number of halogens is 4. The minimum Gasteiger partial charge on any atom is -0.355 e. The van der Waals surface area contributed by atoms with Crippen molar-refractivity contribution in [2.75, 3.05) is 34.9 Å². The number of carbonyl (C=O) groups is 2. The van der Waals surface area contributed by atoms with Crippen LogP contribution >= 0.6 is 0 Å². The molecule has 0 spiro atoms. The number of benzene rings is 3. The van der Waals surface area contributed by atoms with E-state index in [1.54, 1.807) is 61.6 Å². The lowest BCUT2D eigenvalue weighted by Crippen LogP contribution is -2.20. The number of aromatic nitrogens is 2. The average Bonchev–Trinajstić information content (AvgIpc) is 2.93. The van der Waals surface area contributed by atoms with Crippen molar-refractivity contribution in [2.24, 2.45) is 0 Å². The Kier molecular flexibility index (Phi) is 8.36. The van der Waals surface area contributed by atoms with Gasteiger partial charge in [0.05, 0.1) is 5.56 Å². The van der Waals surface area contributed by atoms with E-state index in [2.05, 4.69) is 31.2 Å². The molecule has 3 amide bonds. The Bertz CT molecular complexity index is 1580. The number of nitrogens with zero attached hydrogens (tertiary/aromatic N) is 3. The first-order valence-electron chi connectivity index (χ1n) is 12.2. The molecule has 1 aromatic heterocycles. The van der Waals surface area contributed by atoms with Crippen LogP contribution < -0.4 is 26.2 Å². The van der Waals surface area contributed by atoms with E-state index >= 15 is 0 Å². The molecule has 9 nitrogen and oxygen atoms in total. The van der Waals surface area contributed by atoms with Crippen LogP contribution in [0.15, 0.2) is 72.9 Å². The summed E-state index contributed by atoms with van der Waals surface area (Å²) in [5.41, 5.74) is 1.49. The molecule has 0 unspecified atom stereocenters. The standard InChI is InChI=1S/C28H25F4N7O2/c1-16-4-5-20(15-23(16)25(40)33-2)35-26-34-11-10-24(38-26)39(3)22-8-6-19(7-9-22)36-27(41)37-21-13-17(28(30,31)32)12-18(29)14-21/h4-15H,1-3H3,(H,33,40)(H,34,35,38)(H2,36,37,41).